The van der Waals surface area contributed by atoms with Gasteiger partial charge in [-0.15, -0.1) is 0 Å². The van der Waals surface area contributed by atoms with Gasteiger partial charge in [0.05, 0.1) is 18.1 Å². The van der Waals surface area contributed by atoms with Crippen molar-refractivity contribution in [3.8, 4) is 0 Å². The van der Waals surface area contributed by atoms with E-state index in [1.54, 1.807) is 13.0 Å². The number of hydrogen-bond donors (Lipinski definition) is 1. The summed E-state index contributed by atoms with van der Waals surface area (Å²) in [4.78, 5) is 38.7. The third-order valence-corrected chi connectivity index (χ3v) is 4.97. The van der Waals surface area contributed by atoms with Crippen molar-refractivity contribution < 1.29 is 19.2 Å². The molecule has 26 heavy (non-hydrogen) atoms. The molecule has 2 saturated heterocycles. The number of esters is 1. The molecule has 2 fully saturated rings. The zero-order valence-electron chi connectivity index (χ0n) is 14.9. The summed E-state index contributed by atoms with van der Waals surface area (Å²) in [5, 5.41) is 14.2. The quantitative estimate of drug-likeness (QED) is 0.496. The van der Waals surface area contributed by atoms with Gasteiger partial charge in [-0.25, -0.2) is 9.59 Å². The second kappa shape index (κ2) is 7.19. The fourth-order valence-corrected chi connectivity index (χ4v) is 3.73. The first-order valence-corrected chi connectivity index (χ1v) is 8.59. The van der Waals surface area contributed by atoms with E-state index in [2.05, 4.69) is 10.2 Å². The van der Waals surface area contributed by atoms with E-state index in [1.807, 2.05) is 4.90 Å². The van der Waals surface area contributed by atoms with Gasteiger partial charge in [-0.05, 0) is 31.9 Å². The average Bonchev–Trinajstić information content (AvgIpc) is 3.06. The van der Waals surface area contributed by atoms with Crippen molar-refractivity contribution in [2.24, 2.45) is 0 Å². The maximum absolute atomic E-state index is 12.0. The smallest absolute Gasteiger partial charge is 0.344 e. The summed E-state index contributed by atoms with van der Waals surface area (Å²) in [5.41, 5.74) is 0.869. The molecule has 2 aliphatic heterocycles. The topological polar surface area (TPSA) is 105 Å². The molecule has 2 amide bonds. The van der Waals surface area contributed by atoms with E-state index in [-0.39, 0.29) is 23.3 Å². The summed E-state index contributed by atoms with van der Waals surface area (Å²) in [6.07, 6.45) is 1.82. The minimum atomic E-state index is -0.728. The van der Waals surface area contributed by atoms with E-state index in [1.165, 1.54) is 13.2 Å². The molecule has 2 heterocycles. The molecule has 3 rings (SSSR count). The lowest BCUT2D eigenvalue weighted by molar-refractivity contribution is -0.385. The SMILES string of the molecule is COC(=O)c1cc(N2CCC[C@@H](N3CCNC3=O)C2)cc(C)c1[N+](=O)[O-]. The Morgan fingerprint density at radius 1 is 1.38 bits per heavy atom. The van der Waals surface area contributed by atoms with Gasteiger partial charge in [0.15, 0.2) is 0 Å². The third-order valence-electron chi connectivity index (χ3n) is 4.97. The van der Waals surface area contributed by atoms with Gasteiger partial charge in [-0.1, -0.05) is 0 Å². The molecule has 0 aromatic heterocycles. The van der Waals surface area contributed by atoms with Crippen LogP contribution in [0.5, 0.6) is 0 Å². The lowest BCUT2D eigenvalue weighted by Gasteiger charge is -2.38. The summed E-state index contributed by atoms with van der Waals surface area (Å²) >= 11 is 0. The molecule has 0 radical (unpaired) electrons. The zero-order valence-corrected chi connectivity index (χ0v) is 14.9. The number of rotatable bonds is 4. The van der Waals surface area contributed by atoms with E-state index in [0.29, 0.717) is 25.2 Å². The van der Waals surface area contributed by atoms with Gasteiger partial charge in [0.2, 0.25) is 0 Å². The van der Waals surface area contributed by atoms with Crippen LogP contribution in [-0.2, 0) is 4.74 Å². The zero-order chi connectivity index (χ0) is 18.8. The highest BCUT2D eigenvalue weighted by Gasteiger charge is 2.32. The van der Waals surface area contributed by atoms with Gasteiger partial charge >= 0.3 is 12.0 Å². The van der Waals surface area contributed by atoms with Crippen molar-refractivity contribution in [2.75, 3.05) is 38.2 Å². The normalized spacial score (nSPS) is 20.1. The van der Waals surface area contributed by atoms with Crippen molar-refractivity contribution in [3.63, 3.8) is 0 Å². The number of ether oxygens (including phenoxy) is 1. The number of nitro groups is 1. The summed E-state index contributed by atoms with van der Waals surface area (Å²) in [7, 11) is 1.21. The number of nitrogens with zero attached hydrogens (tertiary/aromatic N) is 3. The molecule has 1 aromatic carbocycles. The highest BCUT2D eigenvalue weighted by atomic mass is 16.6. The fraction of sp³-hybridized carbons (Fsp3) is 0.529. The number of nitrogens with one attached hydrogen (secondary N) is 1. The number of anilines is 1. The number of amides is 2. The van der Waals surface area contributed by atoms with Crippen molar-refractivity contribution in [3.05, 3.63) is 33.4 Å². The number of nitro benzene ring substituents is 1. The van der Waals surface area contributed by atoms with Crippen LogP contribution in [0.2, 0.25) is 0 Å². The number of methoxy groups -OCH3 is 1. The Labute approximate surface area is 151 Å². The number of hydrogen-bond acceptors (Lipinski definition) is 6. The summed E-state index contributed by atoms with van der Waals surface area (Å²) < 4.78 is 4.72. The van der Waals surface area contributed by atoms with E-state index < -0.39 is 10.9 Å². The molecular weight excluding hydrogens is 340 g/mol. The Balaban J connectivity index is 1.90. The van der Waals surface area contributed by atoms with Gasteiger partial charge in [0.25, 0.3) is 5.69 Å². The fourth-order valence-electron chi connectivity index (χ4n) is 3.73. The van der Waals surface area contributed by atoms with Crippen LogP contribution in [0.3, 0.4) is 0 Å². The number of carbonyl (C=O) groups excluding carboxylic acids is 2. The lowest BCUT2D eigenvalue weighted by atomic mass is 10.0. The van der Waals surface area contributed by atoms with E-state index in [0.717, 1.165) is 25.1 Å². The van der Waals surface area contributed by atoms with Crippen LogP contribution in [-0.4, -0.2) is 61.2 Å². The van der Waals surface area contributed by atoms with Crippen molar-refractivity contribution in [1.82, 2.24) is 10.2 Å². The number of urea groups is 1. The third kappa shape index (κ3) is 3.29. The predicted octanol–water partition coefficient (Wildman–Crippen LogP) is 1.68. The van der Waals surface area contributed by atoms with Crippen LogP contribution in [0.4, 0.5) is 16.2 Å². The first-order chi connectivity index (χ1) is 12.4. The molecule has 0 aliphatic carbocycles. The summed E-state index contributed by atoms with van der Waals surface area (Å²) in [6, 6.07) is 3.27. The molecule has 1 atom stereocenters. The van der Waals surface area contributed by atoms with E-state index in [9.17, 15) is 19.7 Å². The highest BCUT2D eigenvalue weighted by molar-refractivity contribution is 5.96. The lowest BCUT2D eigenvalue weighted by Crippen LogP contribution is -2.49. The molecule has 9 heteroatoms. The van der Waals surface area contributed by atoms with Crippen LogP contribution in [0, 0.1) is 17.0 Å². The number of carbonyl (C=O) groups is 2. The minimum Gasteiger partial charge on any atom is -0.465 e. The van der Waals surface area contributed by atoms with Crippen LogP contribution >= 0.6 is 0 Å². The maximum Gasteiger partial charge on any atom is 0.344 e. The molecular formula is C17H22N4O5. The van der Waals surface area contributed by atoms with Crippen molar-refractivity contribution >= 4 is 23.4 Å². The number of aryl methyl sites for hydroxylation is 1. The van der Waals surface area contributed by atoms with Crippen LogP contribution in [0.25, 0.3) is 0 Å². The Morgan fingerprint density at radius 2 is 2.15 bits per heavy atom. The number of benzene rings is 1. The molecule has 0 bridgehead atoms. The van der Waals surface area contributed by atoms with Crippen LogP contribution in [0.1, 0.15) is 28.8 Å². The largest absolute Gasteiger partial charge is 0.465 e. The van der Waals surface area contributed by atoms with Crippen LogP contribution in [0.15, 0.2) is 12.1 Å². The molecule has 1 aromatic rings. The Morgan fingerprint density at radius 3 is 2.77 bits per heavy atom. The first kappa shape index (κ1) is 18.0. The second-order valence-corrected chi connectivity index (χ2v) is 6.57. The van der Waals surface area contributed by atoms with Gasteiger partial charge in [0.1, 0.15) is 5.56 Å². The predicted molar refractivity (Wildman–Crippen MR) is 94.5 cm³/mol. The van der Waals surface area contributed by atoms with Crippen molar-refractivity contribution in [2.45, 2.75) is 25.8 Å². The molecule has 0 saturated carbocycles. The second-order valence-electron chi connectivity index (χ2n) is 6.57. The summed E-state index contributed by atoms with van der Waals surface area (Å²) in [6.45, 7) is 4.35. The Hall–Kier alpha value is -2.84. The standard InChI is InChI=1S/C17H22N4O5/c1-11-8-13(9-14(16(22)26-2)15(11)21(24)25)19-6-3-4-12(10-19)20-7-5-18-17(20)23/h8-9,12H,3-7,10H2,1-2H3,(H,18,23)/t12-/m1/s1. The molecule has 0 unspecified atom stereocenters. The Kier molecular flexibility index (Phi) is 4.97. The van der Waals surface area contributed by atoms with E-state index in [4.69, 9.17) is 4.74 Å². The van der Waals surface area contributed by atoms with Gasteiger partial charge < -0.3 is 19.9 Å². The van der Waals surface area contributed by atoms with Gasteiger partial charge in [-0.3, -0.25) is 10.1 Å². The Bertz CT molecular complexity index is 751. The van der Waals surface area contributed by atoms with E-state index >= 15 is 0 Å². The monoisotopic (exact) mass is 362 g/mol. The molecule has 9 nitrogen and oxygen atoms in total. The van der Waals surface area contributed by atoms with Crippen LogP contribution < -0.4 is 10.2 Å². The summed E-state index contributed by atoms with van der Waals surface area (Å²) in [5.74, 6) is -0.728. The minimum absolute atomic E-state index is 0.0476. The van der Waals surface area contributed by atoms with Gasteiger partial charge in [-0.2, -0.15) is 0 Å². The number of piperidine rings is 1. The highest BCUT2D eigenvalue weighted by Crippen LogP contribution is 2.32. The molecule has 0 spiro atoms. The average molecular weight is 362 g/mol. The van der Waals surface area contributed by atoms with Gasteiger partial charge in [0, 0.05) is 37.4 Å². The first-order valence-electron chi connectivity index (χ1n) is 8.59. The molecule has 1 N–H and O–H groups in total. The van der Waals surface area contributed by atoms with Crippen molar-refractivity contribution in [1.29, 1.82) is 0 Å². The maximum atomic E-state index is 12.0. The molecule has 140 valence electrons. The molecule has 2 aliphatic rings.